The van der Waals surface area contributed by atoms with E-state index in [1.165, 1.54) is 0 Å². The molecule has 0 saturated heterocycles. The number of aromatic nitrogens is 1. The molecule has 0 unspecified atom stereocenters. The predicted molar refractivity (Wildman–Crippen MR) is 85.0 cm³/mol. The van der Waals surface area contributed by atoms with Crippen LogP contribution < -0.4 is 5.73 Å². The monoisotopic (exact) mass is 306 g/mol. The molecular formula is C14H11ClN2S2. The van der Waals surface area contributed by atoms with Crippen molar-refractivity contribution in [3.63, 3.8) is 0 Å². The Hall–Kier alpha value is -1.23. The SMILES string of the molecule is Nc1ccc2nc(SCc3ccccc3Cl)sc2c1. The number of nitrogens with zero attached hydrogens (tertiary/aromatic N) is 1. The van der Waals surface area contributed by atoms with E-state index in [1.54, 1.807) is 23.1 Å². The zero-order chi connectivity index (χ0) is 13.2. The summed E-state index contributed by atoms with van der Waals surface area (Å²) in [4.78, 5) is 4.58. The molecule has 0 saturated carbocycles. The van der Waals surface area contributed by atoms with Gasteiger partial charge in [-0.1, -0.05) is 41.6 Å². The molecule has 3 rings (SSSR count). The van der Waals surface area contributed by atoms with E-state index in [0.29, 0.717) is 0 Å². The van der Waals surface area contributed by atoms with Crippen molar-refractivity contribution < 1.29 is 0 Å². The summed E-state index contributed by atoms with van der Waals surface area (Å²) >= 11 is 9.51. The molecule has 2 N–H and O–H groups in total. The molecule has 19 heavy (non-hydrogen) atoms. The lowest BCUT2D eigenvalue weighted by atomic mass is 10.2. The molecule has 0 aliphatic heterocycles. The number of nitrogens with two attached hydrogens (primary N) is 1. The van der Waals surface area contributed by atoms with Gasteiger partial charge < -0.3 is 5.73 Å². The second-order valence-electron chi connectivity index (χ2n) is 4.09. The van der Waals surface area contributed by atoms with Crippen LogP contribution in [-0.2, 0) is 5.75 Å². The molecule has 0 aliphatic carbocycles. The van der Waals surface area contributed by atoms with Crippen molar-refractivity contribution in [3.05, 3.63) is 53.1 Å². The molecule has 0 atom stereocenters. The molecule has 0 bridgehead atoms. The third kappa shape index (κ3) is 2.86. The van der Waals surface area contributed by atoms with E-state index in [4.69, 9.17) is 17.3 Å². The number of rotatable bonds is 3. The van der Waals surface area contributed by atoms with Gasteiger partial charge in [-0.2, -0.15) is 0 Å². The molecule has 0 fully saturated rings. The number of nitrogen functional groups attached to an aromatic ring is 1. The first-order valence-electron chi connectivity index (χ1n) is 5.74. The normalized spacial score (nSPS) is 11.0. The summed E-state index contributed by atoms with van der Waals surface area (Å²) in [5.41, 5.74) is 8.68. The molecule has 2 aromatic carbocycles. The van der Waals surface area contributed by atoms with Gasteiger partial charge in [-0.25, -0.2) is 4.98 Å². The Bertz CT molecular complexity index is 724. The molecule has 0 radical (unpaired) electrons. The largest absolute Gasteiger partial charge is 0.399 e. The van der Waals surface area contributed by atoms with Crippen molar-refractivity contribution in [1.29, 1.82) is 0 Å². The van der Waals surface area contributed by atoms with Crippen molar-refractivity contribution in [2.75, 3.05) is 5.73 Å². The van der Waals surface area contributed by atoms with E-state index in [2.05, 4.69) is 4.98 Å². The minimum absolute atomic E-state index is 0.777. The van der Waals surface area contributed by atoms with Gasteiger partial charge in [-0.05, 0) is 29.8 Å². The number of hydrogen-bond donors (Lipinski definition) is 1. The lowest BCUT2D eigenvalue weighted by molar-refractivity contribution is 1.29. The average molecular weight is 307 g/mol. The van der Waals surface area contributed by atoms with Crippen LogP contribution >= 0.6 is 34.7 Å². The van der Waals surface area contributed by atoms with Crippen LogP contribution in [0.4, 0.5) is 5.69 Å². The zero-order valence-electron chi connectivity index (χ0n) is 9.97. The highest BCUT2D eigenvalue weighted by Gasteiger charge is 2.06. The fraction of sp³-hybridized carbons (Fsp3) is 0.0714. The number of fused-ring (bicyclic) bond motifs is 1. The average Bonchev–Trinajstić information content (AvgIpc) is 2.79. The molecule has 1 aromatic heterocycles. The molecule has 0 amide bonds. The predicted octanol–water partition coefficient (Wildman–Crippen LogP) is 4.82. The Kier molecular flexibility index (Phi) is 3.64. The van der Waals surface area contributed by atoms with Gasteiger partial charge in [-0.3, -0.25) is 0 Å². The first kappa shape index (κ1) is 12.8. The van der Waals surface area contributed by atoms with Crippen molar-refractivity contribution in [2.24, 2.45) is 0 Å². The topological polar surface area (TPSA) is 38.9 Å². The third-order valence-electron chi connectivity index (χ3n) is 2.70. The second-order valence-corrected chi connectivity index (χ2v) is 6.75. The maximum atomic E-state index is 6.14. The van der Waals surface area contributed by atoms with E-state index < -0.39 is 0 Å². The first-order valence-corrected chi connectivity index (χ1v) is 7.92. The second kappa shape index (κ2) is 5.41. The molecule has 0 aliphatic rings. The minimum atomic E-state index is 0.777. The van der Waals surface area contributed by atoms with E-state index in [1.807, 2.05) is 42.5 Å². The van der Waals surface area contributed by atoms with Crippen LogP contribution in [0.5, 0.6) is 0 Å². The van der Waals surface area contributed by atoms with Gasteiger partial charge in [0.05, 0.1) is 10.2 Å². The van der Waals surface area contributed by atoms with Crippen LogP contribution in [0.1, 0.15) is 5.56 Å². The molecule has 96 valence electrons. The summed E-state index contributed by atoms with van der Waals surface area (Å²) in [6.45, 7) is 0. The Morgan fingerprint density at radius 3 is 2.89 bits per heavy atom. The Balaban J connectivity index is 1.80. The van der Waals surface area contributed by atoms with Crippen LogP contribution in [0, 0.1) is 0 Å². The van der Waals surface area contributed by atoms with Crippen LogP contribution in [0.2, 0.25) is 5.02 Å². The number of benzene rings is 2. The standard InChI is InChI=1S/C14H11ClN2S2/c15-11-4-2-1-3-9(11)8-18-14-17-12-6-5-10(16)7-13(12)19-14/h1-7H,8,16H2. The number of thioether (sulfide) groups is 1. The smallest absolute Gasteiger partial charge is 0.151 e. The summed E-state index contributed by atoms with van der Waals surface area (Å²) < 4.78 is 2.17. The molecule has 5 heteroatoms. The third-order valence-corrected chi connectivity index (χ3v) is 5.28. The summed E-state index contributed by atoms with van der Waals surface area (Å²) in [6, 6.07) is 13.7. The van der Waals surface area contributed by atoms with E-state index >= 15 is 0 Å². The maximum Gasteiger partial charge on any atom is 0.151 e. The van der Waals surface area contributed by atoms with Crippen molar-refractivity contribution in [3.8, 4) is 0 Å². The van der Waals surface area contributed by atoms with Gasteiger partial charge >= 0.3 is 0 Å². The summed E-state index contributed by atoms with van der Waals surface area (Å²) in [5.74, 6) is 0.828. The quantitative estimate of drug-likeness (QED) is 0.557. The number of anilines is 1. The first-order chi connectivity index (χ1) is 9.22. The van der Waals surface area contributed by atoms with E-state index in [-0.39, 0.29) is 0 Å². The van der Waals surface area contributed by atoms with Gasteiger partial charge in [0.15, 0.2) is 4.34 Å². The molecule has 1 heterocycles. The highest BCUT2D eigenvalue weighted by Crippen LogP contribution is 2.33. The van der Waals surface area contributed by atoms with Crippen molar-refractivity contribution in [1.82, 2.24) is 4.98 Å². The highest BCUT2D eigenvalue weighted by molar-refractivity contribution is 8.00. The number of hydrogen-bond acceptors (Lipinski definition) is 4. The van der Waals surface area contributed by atoms with Gasteiger partial charge in [-0.15, -0.1) is 11.3 Å². The lowest BCUT2D eigenvalue weighted by Gasteiger charge is -2.00. The van der Waals surface area contributed by atoms with Gasteiger partial charge in [0.2, 0.25) is 0 Å². The highest BCUT2D eigenvalue weighted by atomic mass is 35.5. The van der Waals surface area contributed by atoms with E-state index in [9.17, 15) is 0 Å². The maximum absolute atomic E-state index is 6.14. The van der Waals surface area contributed by atoms with Crippen molar-refractivity contribution in [2.45, 2.75) is 10.1 Å². The summed E-state index contributed by atoms with van der Waals surface area (Å²) in [6.07, 6.45) is 0. The van der Waals surface area contributed by atoms with E-state index in [0.717, 1.165) is 36.6 Å². The van der Waals surface area contributed by atoms with Gasteiger partial charge in [0.25, 0.3) is 0 Å². The lowest BCUT2D eigenvalue weighted by Crippen LogP contribution is -1.82. The molecular weight excluding hydrogens is 296 g/mol. The van der Waals surface area contributed by atoms with Crippen LogP contribution in [0.3, 0.4) is 0 Å². The van der Waals surface area contributed by atoms with Crippen molar-refractivity contribution >= 4 is 50.6 Å². The minimum Gasteiger partial charge on any atom is -0.399 e. The molecule has 2 nitrogen and oxygen atoms in total. The Morgan fingerprint density at radius 2 is 2.05 bits per heavy atom. The van der Waals surface area contributed by atoms with Gasteiger partial charge in [0.1, 0.15) is 0 Å². The number of thiazole rings is 1. The zero-order valence-corrected chi connectivity index (χ0v) is 12.4. The Morgan fingerprint density at radius 1 is 1.21 bits per heavy atom. The Labute approximate surface area is 124 Å². The van der Waals surface area contributed by atoms with Gasteiger partial charge in [0, 0.05) is 16.5 Å². The fourth-order valence-electron chi connectivity index (χ4n) is 1.74. The molecule has 3 aromatic rings. The van der Waals surface area contributed by atoms with Crippen LogP contribution in [-0.4, -0.2) is 4.98 Å². The fourth-order valence-corrected chi connectivity index (χ4v) is 4.14. The summed E-state index contributed by atoms with van der Waals surface area (Å²) in [5, 5.41) is 0.806. The van der Waals surface area contributed by atoms with Crippen LogP contribution in [0.25, 0.3) is 10.2 Å². The number of halogens is 1. The van der Waals surface area contributed by atoms with Crippen LogP contribution in [0.15, 0.2) is 46.8 Å². The molecule has 0 spiro atoms. The summed E-state index contributed by atoms with van der Waals surface area (Å²) in [7, 11) is 0.